The molecule has 1 fully saturated rings. The summed E-state index contributed by atoms with van der Waals surface area (Å²) in [4.78, 5) is 24.7. The van der Waals surface area contributed by atoms with Gasteiger partial charge in [0.15, 0.2) is 0 Å². The van der Waals surface area contributed by atoms with E-state index in [1.807, 2.05) is 42.6 Å². The lowest BCUT2D eigenvalue weighted by Gasteiger charge is -2.14. The molecule has 0 spiro atoms. The molecule has 0 unspecified atom stereocenters. The molecule has 22 heavy (non-hydrogen) atoms. The maximum atomic E-state index is 12.1. The fraction of sp³-hybridized carbons (Fsp3) is 0.294. The Kier molecular flexibility index (Phi) is 3.98. The number of esters is 1. The van der Waals surface area contributed by atoms with Gasteiger partial charge in [-0.1, -0.05) is 18.2 Å². The average Bonchev–Trinajstić information content (AvgIpc) is 3.15. The largest absolute Gasteiger partial charge is 0.465 e. The Morgan fingerprint density at radius 1 is 1.23 bits per heavy atom. The summed E-state index contributed by atoms with van der Waals surface area (Å²) in [5.41, 5.74) is 1.22. The molecule has 5 heteroatoms. The Labute approximate surface area is 133 Å². The number of amides is 1. The van der Waals surface area contributed by atoms with E-state index in [0.717, 1.165) is 24.1 Å². The van der Waals surface area contributed by atoms with Crippen molar-refractivity contribution in [2.24, 2.45) is 0 Å². The molecule has 1 N–H and O–H groups in total. The first-order chi connectivity index (χ1) is 10.7. The molecule has 1 saturated carbocycles. The molecule has 4 nitrogen and oxygen atoms in total. The lowest BCUT2D eigenvalue weighted by Crippen LogP contribution is -2.23. The van der Waals surface area contributed by atoms with Gasteiger partial charge in [0.1, 0.15) is 0 Å². The van der Waals surface area contributed by atoms with E-state index >= 15 is 0 Å². The molecular formula is C17H17NO3S. The smallest absolute Gasteiger partial charge is 0.316 e. The normalized spacial score (nSPS) is 15.1. The molecule has 1 aliphatic rings. The molecule has 1 aliphatic carbocycles. The zero-order valence-electron chi connectivity index (χ0n) is 12.3. The van der Waals surface area contributed by atoms with Crippen molar-refractivity contribution in [1.29, 1.82) is 0 Å². The molecule has 1 aromatic carbocycles. The van der Waals surface area contributed by atoms with Gasteiger partial charge >= 0.3 is 5.97 Å². The monoisotopic (exact) mass is 315 g/mol. The van der Waals surface area contributed by atoms with E-state index in [-0.39, 0.29) is 11.9 Å². The SMILES string of the molecule is CCOC(=O)C1(c2ccc(NC(=O)c3cccs3)cc2)CC1. The fourth-order valence-corrected chi connectivity index (χ4v) is 3.10. The summed E-state index contributed by atoms with van der Waals surface area (Å²) >= 11 is 1.40. The second kappa shape index (κ2) is 5.93. The molecule has 1 amide bonds. The number of rotatable bonds is 5. The van der Waals surface area contributed by atoms with E-state index in [1.165, 1.54) is 11.3 Å². The highest BCUT2D eigenvalue weighted by atomic mass is 32.1. The van der Waals surface area contributed by atoms with E-state index in [2.05, 4.69) is 5.32 Å². The Morgan fingerprint density at radius 3 is 2.50 bits per heavy atom. The summed E-state index contributed by atoms with van der Waals surface area (Å²) in [5, 5.41) is 4.72. The molecule has 0 aliphatic heterocycles. The van der Waals surface area contributed by atoms with Crippen LogP contribution in [0.5, 0.6) is 0 Å². The van der Waals surface area contributed by atoms with Gasteiger partial charge in [0.2, 0.25) is 0 Å². The summed E-state index contributed by atoms with van der Waals surface area (Å²) in [7, 11) is 0. The molecule has 0 bridgehead atoms. The van der Waals surface area contributed by atoms with Crippen molar-refractivity contribution in [2.75, 3.05) is 11.9 Å². The lowest BCUT2D eigenvalue weighted by atomic mass is 9.96. The third-order valence-electron chi connectivity index (χ3n) is 3.86. The number of benzene rings is 1. The average molecular weight is 315 g/mol. The number of carbonyl (C=O) groups excluding carboxylic acids is 2. The first kappa shape index (κ1) is 14.8. The predicted molar refractivity (Wildman–Crippen MR) is 86.3 cm³/mol. The van der Waals surface area contributed by atoms with Crippen LogP contribution in [0.1, 0.15) is 35.0 Å². The van der Waals surface area contributed by atoms with Gasteiger partial charge in [-0.15, -0.1) is 11.3 Å². The van der Waals surface area contributed by atoms with E-state index < -0.39 is 5.41 Å². The number of carbonyl (C=O) groups is 2. The van der Waals surface area contributed by atoms with Gasteiger partial charge in [0, 0.05) is 5.69 Å². The molecule has 114 valence electrons. The van der Waals surface area contributed by atoms with Crippen LogP contribution in [-0.4, -0.2) is 18.5 Å². The van der Waals surface area contributed by atoms with Gasteiger partial charge in [-0.2, -0.15) is 0 Å². The van der Waals surface area contributed by atoms with Crippen molar-refractivity contribution >= 4 is 28.9 Å². The Morgan fingerprint density at radius 2 is 1.95 bits per heavy atom. The van der Waals surface area contributed by atoms with Crippen LogP contribution in [0.2, 0.25) is 0 Å². The van der Waals surface area contributed by atoms with Gasteiger partial charge in [-0.3, -0.25) is 9.59 Å². The predicted octanol–water partition coefficient (Wildman–Crippen LogP) is 3.60. The number of ether oxygens (including phenoxy) is 1. The van der Waals surface area contributed by atoms with Gasteiger partial charge in [0.05, 0.1) is 16.9 Å². The minimum Gasteiger partial charge on any atom is -0.465 e. The van der Waals surface area contributed by atoms with Crippen LogP contribution in [-0.2, 0) is 14.9 Å². The van der Waals surface area contributed by atoms with Crippen LogP contribution in [0.3, 0.4) is 0 Å². The first-order valence-corrected chi connectivity index (χ1v) is 8.16. The maximum Gasteiger partial charge on any atom is 0.316 e. The molecule has 0 radical (unpaired) electrons. The van der Waals surface area contributed by atoms with Crippen molar-refractivity contribution in [2.45, 2.75) is 25.2 Å². The Bertz CT molecular complexity index is 672. The van der Waals surface area contributed by atoms with Crippen LogP contribution in [0, 0.1) is 0 Å². The third kappa shape index (κ3) is 2.76. The lowest BCUT2D eigenvalue weighted by molar-refractivity contribution is -0.146. The topological polar surface area (TPSA) is 55.4 Å². The number of nitrogens with one attached hydrogen (secondary N) is 1. The van der Waals surface area contributed by atoms with Gasteiger partial charge in [0.25, 0.3) is 5.91 Å². The van der Waals surface area contributed by atoms with Crippen molar-refractivity contribution < 1.29 is 14.3 Å². The summed E-state index contributed by atoms with van der Waals surface area (Å²) in [6, 6.07) is 11.1. The summed E-state index contributed by atoms with van der Waals surface area (Å²) in [5.74, 6) is -0.264. The molecule has 1 heterocycles. The van der Waals surface area contributed by atoms with Crippen LogP contribution in [0.25, 0.3) is 0 Å². The minimum absolute atomic E-state index is 0.116. The second-order valence-electron chi connectivity index (χ2n) is 5.31. The van der Waals surface area contributed by atoms with E-state index in [9.17, 15) is 9.59 Å². The number of hydrogen-bond acceptors (Lipinski definition) is 4. The van der Waals surface area contributed by atoms with Crippen molar-refractivity contribution in [3.05, 3.63) is 52.2 Å². The van der Waals surface area contributed by atoms with E-state index in [4.69, 9.17) is 4.74 Å². The molecule has 0 saturated heterocycles. The standard InChI is InChI=1S/C17H17NO3S/c1-2-21-16(20)17(9-10-17)12-5-7-13(8-6-12)18-15(19)14-4-3-11-22-14/h3-8,11H,2,9-10H2,1H3,(H,18,19). The van der Waals surface area contributed by atoms with Crippen LogP contribution in [0.15, 0.2) is 41.8 Å². The van der Waals surface area contributed by atoms with Crippen molar-refractivity contribution in [1.82, 2.24) is 0 Å². The van der Waals surface area contributed by atoms with E-state index in [0.29, 0.717) is 11.5 Å². The number of anilines is 1. The molecular weight excluding hydrogens is 298 g/mol. The molecule has 3 rings (SSSR count). The maximum absolute atomic E-state index is 12.1. The minimum atomic E-state index is -0.466. The van der Waals surface area contributed by atoms with Crippen molar-refractivity contribution in [3.8, 4) is 0 Å². The third-order valence-corrected chi connectivity index (χ3v) is 4.73. The fourth-order valence-electron chi connectivity index (χ4n) is 2.48. The Balaban J connectivity index is 1.71. The van der Waals surface area contributed by atoms with Crippen LogP contribution >= 0.6 is 11.3 Å². The van der Waals surface area contributed by atoms with Crippen molar-refractivity contribution in [3.63, 3.8) is 0 Å². The summed E-state index contributed by atoms with van der Waals surface area (Å²) < 4.78 is 5.16. The van der Waals surface area contributed by atoms with Gasteiger partial charge in [-0.05, 0) is 48.9 Å². The van der Waals surface area contributed by atoms with Gasteiger partial charge < -0.3 is 10.1 Å². The van der Waals surface area contributed by atoms with Crippen LogP contribution in [0.4, 0.5) is 5.69 Å². The van der Waals surface area contributed by atoms with Gasteiger partial charge in [-0.25, -0.2) is 0 Å². The molecule has 0 atom stereocenters. The highest BCUT2D eigenvalue weighted by Crippen LogP contribution is 2.49. The highest BCUT2D eigenvalue weighted by Gasteiger charge is 2.52. The Hall–Kier alpha value is -2.14. The zero-order chi connectivity index (χ0) is 15.6. The number of thiophene rings is 1. The van der Waals surface area contributed by atoms with E-state index in [1.54, 1.807) is 6.07 Å². The zero-order valence-corrected chi connectivity index (χ0v) is 13.1. The summed E-state index contributed by atoms with van der Waals surface area (Å²) in [6.45, 7) is 2.22. The summed E-state index contributed by atoms with van der Waals surface area (Å²) in [6.07, 6.45) is 1.65. The second-order valence-corrected chi connectivity index (χ2v) is 6.26. The first-order valence-electron chi connectivity index (χ1n) is 7.28. The molecule has 1 aromatic heterocycles. The van der Waals surface area contributed by atoms with Crippen LogP contribution < -0.4 is 5.32 Å². The quantitative estimate of drug-likeness (QED) is 0.858. The number of hydrogen-bond donors (Lipinski definition) is 1. The molecule has 2 aromatic rings. The highest BCUT2D eigenvalue weighted by molar-refractivity contribution is 7.12.